The summed E-state index contributed by atoms with van der Waals surface area (Å²) in [6.07, 6.45) is 1.50. The summed E-state index contributed by atoms with van der Waals surface area (Å²) < 4.78 is 1.41. The molecule has 0 fully saturated rings. The van der Waals surface area contributed by atoms with Gasteiger partial charge < -0.3 is 9.67 Å². The number of benzene rings is 1. The lowest BCUT2D eigenvalue weighted by molar-refractivity contribution is 0.0686. The van der Waals surface area contributed by atoms with E-state index in [4.69, 9.17) is 16.7 Å². The minimum Gasteiger partial charge on any atom is -0.477 e. The maximum absolute atomic E-state index is 12.3. The second-order valence-electron chi connectivity index (χ2n) is 4.38. The molecule has 5 heteroatoms. The Morgan fingerprint density at radius 3 is 2.37 bits per heavy atom. The van der Waals surface area contributed by atoms with E-state index in [1.54, 1.807) is 25.2 Å². The van der Waals surface area contributed by atoms with Gasteiger partial charge in [-0.1, -0.05) is 11.6 Å². The molecule has 19 heavy (non-hydrogen) atoms. The van der Waals surface area contributed by atoms with Crippen molar-refractivity contribution < 1.29 is 14.7 Å². The lowest BCUT2D eigenvalue weighted by atomic mass is 10.0. The first kappa shape index (κ1) is 13.4. The fraction of sp³-hybridized carbons (Fsp3) is 0.143. The van der Waals surface area contributed by atoms with Crippen LogP contribution in [0.2, 0.25) is 5.02 Å². The number of carbonyl (C=O) groups is 2. The van der Waals surface area contributed by atoms with Gasteiger partial charge in [0.1, 0.15) is 5.69 Å². The van der Waals surface area contributed by atoms with Gasteiger partial charge in [-0.3, -0.25) is 4.79 Å². The molecule has 1 heterocycles. The van der Waals surface area contributed by atoms with Crippen molar-refractivity contribution in [2.45, 2.75) is 6.92 Å². The molecule has 0 unspecified atom stereocenters. The zero-order valence-corrected chi connectivity index (χ0v) is 11.2. The summed E-state index contributed by atoms with van der Waals surface area (Å²) in [5.41, 5.74) is 1.74. The summed E-state index contributed by atoms with van der Waals surface area (Å²) in [4.78, 5) is 23.2. The van der Waals surface area contributed by atoms with E-state index in [0.717, 1.165) is 5.56 Å². The number of aromatic nitrogens is 1. The van der Waals surface area contributed by atoms with Gasteiger partial charge in [-0.25, -0.2) is 4.79 Å². The highest BCUT2D eigenvalue weighted by Crippen LogP contribution is 2.19. The topological polar surface area (TPSA) is 59.3 Å². The van der Waals surface area contributed by atoms with Crippen LogP contribution in [-0.2, 0) is 7.05 Å². The van der Waals surface area contributed by atoms with Crippen LogP contribution < -0.4 is 0 Å². The van der Waals surface area contributed by atoms with Crippen LogP contribution in [0, 0.1) is 6.92 Å². The summed E-state index contributed by atoms with van der Waals surface area (Å²) in [6.45, 7) is 1.84. The van der Waals surface area contributed by atoms with E-state index in [1.807, 2.05) is 6.92 Å². The Morgan fingerprint density at radius 1 is 1.16 bits per heavy atom. The van der Waals surface area contributed by atoms with Crippen molar-refractivity contribution in [3.05, 3.63) is 57.9 Å². The minimum absolute atomic E-state index is 0.0714. The van der Waals surface area contributed by atoms with E-state index in [0.29, 0.717) is 16.1 Å². The molecule has 0 radical (unpaired) electrons. The molecule has 0 saturated carbocycles. The Labute approximate surface area is 115 Å². The Morgan fingerprint density at radius 2 is 1.84 bits per heavy atom. The average molecular weight is 278 g/mol. The maximum Gasteiger partial charge on any atom is 0.352 e. The normalized spacial score (nSPS) is 10.5. The first-order valence-electron chi connectivity index (χ1n) is 5.60. The van der Waals surface area contributed by atoms with Crippen LogP contribution in [-0.4, -0.2) is 21.4 Å². The lowest BCUT2D eigenvalue weighted by Gasteiger charge is -2.01. The molecule has 0 atom stereocenters. The van der Waals surface area contributed by atoms with E-state index in [2.05, 4.69) is 0 Å². The van der Waals surface area contributed by atoms with Crippen molar-refractivity contribution in [2.24, 2.45) is 7.05 Å². The number of carbonyl (C=O) groups excluding carboxylic acids is 1. The highest BCUT2D eigenvalue weighted by molar-refractivity contribution is 6.31. The van der Waals surface area contributed by atoms with Gasteiger partial charge in [0.05, 0.1) is 0 Å². The van der Waals surface area contributed by atoms with E-state index in [9.17, 15) is 9.59 Å². The zero-order valence-electron chi connectivity index (χ0n) is 10.5. The van der Waals surface area contributed by atoms with Crippen molar-refractivity contribution in [2.75, 3.05) is 0 Å². The quantitative estimate of drug-likeness (QED) is 0.878. The van der Waals surface area contributed by atoms with Crippen molar-refractivity contribution in [1.29, 1.82) is 0 Å². The monoisotopic (exact) mass is 277 g/mol. The van der Waals surface area contributed by atoms with Gasteiger partial charge in [-0.2, -0.15) is 0 Å². The molecular formula is C14H12ClNO3. The third kappa shape index (κ3) is 2.69. The Bertz CT molecular complexity index is 653. The predicted octanol–water partition coefficient (Wildman–Crippen LogP) is 2.92. The summed E-state index contributed by atoms with van der Waals surface area (Å²) in [5, 5.41) is 9.45. The van der Waals surface area contributed by atoms with Crippen LogP contribution in [0.1, 0.15) is 32.0 Å². The standard InChI is InChI=1S/C14H12ClNO3/c1-8-3-9(5-11(15)4-8)13(17)10-6-12(14(18)19)16(2)7-10/h3-7H,1-2H3,(H,18,19). The SMILES string of the molecule is Cc1cc(Cl)cc(C(=O)c2cc(C(=O)O)n(C)c2)c1. The number of halogens is 1. The van der Waals surface area contributed by atoms with Crippen LogP contribution in [0.15, 0.2) is 30.5 Å². The fourth-order valence-corrected chi connectivity index (χ4v) is 2.23. The summed E-state index contributed by atoms with van der Waals surface area (Å²) in [7, 11) is 1.59. The van der Waals surface area contributed by atoms with Crippen molar-refractivity contribution in [3.63, 3.8) is 0 Å². The van der Waals surface area contributed by atoms with Gasteiger partial charge in [0.2, 0.25) is 0 Å². The molecule has 0 aliphatic rings. The minimum atomic E-state index is -1.07. The molecule has 0 aliphatic carbocycles. The third-order valence-electron chi connectivity index (χ3n) is 2.79. The number of carboxylic acid groups (broad SMARTS) is 1. The predicted molar refractivity (Wildman–Crippen MR) is 72.0 cm³/mol. The highest BCUT2D eigenvalue weighted by Gasteiger charge is 2.16. The van der Waals surface area contributed by atoms with Crippen LogP contribution in [0.25, 0.3) is 0 Å². The molecule has 1 aromatic heterocycles. The van der Waals surface area contributed by atoms with Gasteiger partial charge in [0.25, 0.3) is 0 Å². The molecule has 1 aromatic carbocycles. The summed E-state index contributed by atoms with van der Waals surface area (Å²) >= 11 is 5.92. The number of rotatable bonds is 3. The number of aromatic carboxylic acids is 1. The van der Waals surface area contributed by atoms with Crippen LogP contribution in [0.5, 0.6) is 0 Å². The van der Waals surface area contributed by atoms with E-state index in [-0.39, 0.29) is 11.5 Å². The molecule has 1 N–H and O–H groups in total. The van der Waals surface area contributed by atoms with E-state index in [1.165, 1.54) is 16.8 Å². The summed E-state index contributed by atoms with van der Waals surface area (Å²) in [6, 6.07) is 6.42. The zero-order chi connectivity index (χ0) is 14.2. The van der Waals surface area contributed by atoms with Crippen LogP contribution in [0.3, 0.4) is 0 Å². The molecule has 0 saturated heterocycles. The summed E-state index contributed by atoms with van der Waals surface area (Å²) in [5.74, 6) is -1.31. The number of ketones is 1. The Kier molecular flexibility index (Phi) is 3.44. The number of aryl methyl sites for hydroxylation is 2. The Balaban J connectivity index is 2.44. The molecule has 2 aromatic rings. The second kappa shape index (κ2) is 4.90. The molecule has 98 valence electrons. The fourth-order valence-electron chi connectivity index (χ4n) is 1.94. The van der Waals surface area contributed by atoms with Crippen LogP contribution >= 0.6 is 11.6 Å². The number of carboxylic acids is 1. The molecule has 4 nitrogen and oxygen atoms in total. The van der Waals surface area contributed by atoms with Gasteiger partial charge in [-0.15, -0.1) is 0 Å². The molecule has 2 rings (SSSR count). The van der Waals surface area contributed by atoms with E-state index < -0.39 is 5.97 Å². The van der Waals surface area contributed by atoms with Gasteiger partial charge in [0.15, 0.2) is 5.78 Å². The van der Waals surface area contributed by atoms with E-state index >= 15 is 0 Å². The molecule has 0 bridgehead atoms. The number of hydrogen-bond acceptors (Lipinski definition) is 2. The second-order valence-corrected chi connectivity index (χ2v) is 4.81. The molecule has 0 aliphatic heterocycles. The molecular weight excluding hydrogens is 266 g/mol. The highest BCUT2D eigenvalue weighted by atomic mass is 35.5. The maximum atomic E-state index is 12.3. The smallest absolute Gasteiger partial charge is 0.352 e. The number of hydrogen-bond donors (Lipinski definition) is 1. The van der Waals surface area contributed by atoms with Crippen molar-refractivity contribution >= 4 is 23.4 Å². The van der Waals surface area contributed by atoms with Crippen LogP contribution in [0.4, 0.5) is 0 Å². The van der Waals surface area contributed by atoms with Gasteiger partial charge >= 0.3 is 5.97 Å². The van der Waals surface area contributed by atoms with Crippen molar-refractivity contribution in [3.8, 4) is 0 Å². The molecule has 0 amide bonds. The Hall–Kier alpha value is -2.07. The lowest BCUT2D eigenvalue weighted by Crippen LogP contribution is -2.02. The van der Waals surface area contributed by atoms with Crippen molar-refractivity contribution in [1.82, 2.24) is 4.57 Å². The number of nitrogens with zero attached hydrogens (tertiary/aromatic N) is 1. The molecule has 0 spiro atoms. The first-order valence-corrected chi connectivity index (χ1v) is 5.98. The average Bonchev–Trinajstić information content (AvgIpc) is 2.69. The first-order chi connectivity index (χ1) is 8.88. The largest absolute Gasteiger partial charge is 0.477 e. The van der Waals surface area contributed by atoms with Gasteiger partial charge in [-0.05, 0) is 36.8 Å². The third-order valence-corrected chi connectivity index (χ3v) is 3.01. The van der Waals surface area contributed by atoms with Gasteiger partial charge in [0, 0.05) is 29.4 Å².